The smallest absolute Gasteiger partial charge is 0.242 e. The topological polar surface area (TPSA) is 52.7 Å². The van der Waals surface area contributed by atoms with E-state index in [-0.39, 0.29) is 36.8 Å². The minimum Gasteiger partial charge on any atom is -0.342 e. The summed E-state index contributed by atoms with van der Waals surface area (Å²) >= 11 is 0. The van der Waals surface area contributed by atoms with E-state index in [0.29, 0.717) is 13.1 Å². The molecule has 0 bridgehead atoms. The molecular formula is C13H26ClN3O2. The SMILES string of the molecule is CCN(CC)C(=O)CN(C)C(=O)[C@H]1CCCCN1.Cl. The number of likely N-dealkylation sites (N-methyl/N-ethyl adjacent to an activating group) is 2. The number of rotatable bonds is 5. The Bertz CT molecular complexity index is 290. The third kappa shape index (κ3) is 5.37. The van der Waals surface area contributed by atoms with Crippen LogP contribution in [0.3, 0.4) is 0 Å². The van der Waals surface area contributed by atoms with Gasteiger partial charge in [0.05, 0.1) is 12.6 Å². The predicted molar refractivity (Wildman–Crippen MR) is 78.5 cm³/mol. The first-order valence-corrected chi connectivity index (χ1v) is 6.86. The summed E-state index contributed by atoms with van der Waals surface area (Å²) in [4.78, 5) is 27.3. The minimum atomic E-state index is -0.103. The van der Waals surface area contributed by atoms with E-state index in [1.807, 2.05) is 13.8 Å². The number of nitrogens with one attached hydrogen (secondary N) is 1. The lowest BCUT2D eigenvalue weighted by Gasteiger charge is -2.28. The lowest BCUT2D eigenvalue weighted by Crippen LogP contribution is -2.50. The first-order valence-electron chi connectivity index (χ1n) is 6.86. The van der Waals surface area contributed by atoms with Gasteiger partial charge >= 0.3 is 0 Å². The van der Waals surface area contributed by atoms with Crippen molar-refractivity contribution in [2.24, 2.45) is 0 Å². The van der Waals surface area contributed by atoms with Crippen LogP contribution in [0.15, 0.2) is 0 Å². The number of carbonyl (C=O) groups is 2. The van der Waals surface area contributed by atoms with Gasteiger partial charge in [0.2, 0.25) is 11.8 Å². The van der Waals surface area contributed by atoms with E-state index in [0.717, 1.165) is 25.8 Å². The van der Waals surface area contributed by atoms with Crippen molar-refractivity contribution in [3.63, 3.8) is 0 Å². The molecular weight excluding hydrogens is 266 g/mol. The van der Waals surface area contributed by atoms with Crippen molar-refractivity contribution >= 4 is 24.2 Å². The van der Waals surface area contributed by atoms with Gasteiger partial charge in [-0.3, -0.25) is 9.59 Å². The lowest BCUT2D eigenvalue weighted by molar-refractivity contribution is -0.140. The molecule has 0 unspecified atom stereocenters. The van der Waals surface area contributed by atoms with E-state index in [9.17, 15) is 9.59 Å². The van der Waals surface area contributed by atoms with Gasteiger partial charge in [-0.1, -0.05) is 6.42 Å². The van der Waals surface area contributed by atoms with Crippen LogP contribution in [-0.4, -0.2) is 60.9 Å². The third-order valence-corrected chi connectivity index (χ3v) is 3.47. The van der Waals surface area contributed by atoms with E-state index in [1.165, 1.54) is 0 Å². The molecule has 0 saturated carbocycles. The molecule has 1 heterocycles. The highest BCUT2D eigenvalue weighted by Gasteiger charge is 2.25. The van der Waals surface area contributed by atoms with Crippen LogP contribution in [0.4, 0.5) is 0 Å². The molecule has 1 aliphatic rings. The molecule has 0 aromatic carbocycles. The van der Waals surface area contributed by atoms with E-state index in [2.05, 4.69) is 5.32 Å². The van der Waals surface area contributed by atoms with E-state index < -0.39 is 0 Å². The zero-order valence-electron chi connectivity index (χ0n) is 12.1. The van der Waals surface area contributed by atoms with Gasteiger partial charge in [0.25, 0.3) is 0 Å². The highest BCUT2D eigenvalue weighted by Crippen LogP contribution is 2.09. The van der Waals surface area contributed by atoms with Crippen LogP contribution in [-0.2, 0) is 9.59 Å². The summed E-state index contributed by atoms with van der Waals surface area (Å²) in [7, 11) is 1.71. The Morgan fingerprint density at radius 3 is 2.32 bits per heavy atom. The van der Waals surface area contributed by atoms with Crippen LogP contribution in [0.5, 0.6) is 0 Å². The van der Waals surface area contributed by atoms with Crippen LogP contribution in [0.25, 0.3) is 0 Å². The maximum absolute atomic E-state index is 12.1. The summed E-state index contributed by atoms with van der Waals surface area (Å²) in [5, 5.41) is 3.21. The van der Waals surface area contributed by atoms with Crippen LogP contribution in [0, 0.1) is 0 Å². The molecule has 0 aromatic rings. The Morgan fingerprint density at radius 1 is 1.21 bits per heavy atom. The molecule has 0 aliphatic carbocycles. The normalized spacial score (nSPS) is 18.4. The molecule has 1 atom stereocenters. The van der Waals surface area contributed by atoms with Crippen molar-refractivity contribution in [1.29, 1.82) is 0 Å². The summed E-state index contributed by atoms with van der Waals surface area (Å²) in [5.41, 5.74) is 0. The van der Waals surface area contributed by atoms with Gasteiger partial charge in [0, 0.05) is 20.1 Å². The third-order valence-electron chi connectivity index (χ3n) is 3.47. The monoisotopic (exact) mass is 291 g/mol. The average molecular weight is 292 g/mol. The molecule has 1 rings (SSSR count). The van der Waals surface area contributed by atoms with E-state index in [1.54, 1.807) is 16.8 Å². The van der Waals surface area contributed by atoms with Crippen molar-refractivity contribution in [3.05, 3.63) is 0 Å². The number of nitrogens with zero attached hydrogens (tertiary/aromatic N) is 2. The van der Waals surface area contributed by atoms with Crippen LogP contribution in [0.1, 0.15) is 33.1 Å². The molecule has 2 amide bonds. The lowest BCUT2D eigenvalue weighted by atomic mass is 10.0. The van der Waals surface area contributed by atoms with Gasteiger partial charge in [-0.2, -0.15) is 0 Å². The maximum Gasteiger partial charge on any atom is 0.242 e. The number of hydrogen-bond acceptors (Lipinski definition) is 3. The summed E-state index contributed by atoms with van der Waals surface area (Å²) in [6.07, 6.45) is 3.09. The molecule has 0 aromatic heterocycles. The number of hydrogen-bond donors (Lipinski definition) is 1. The second-order valence-corrected chi connectivity index (χ2v) is 4.76. The summed E-state index contributed by atoms with van der Waals surface area (Å²) in [5.74, 6) is 0.0573. The Kier molecular flexibility index (Phi) is 8.76. The number of halogens is 1. The molecule has 1 aliphatic heterocycles. The Labute approximate surface area is 122 Å². The Balaban J connectivity index is 0.00000324. The van der Waals surface area contributed by atoms with Crippen LogP contribution in [0.2, 0.25) is 0 Å². The predicted octanol–water partition coefficient (Wildman–Crippen LogP) is 0.877. The minimum absolute atomic E-state index is 0. The molecule has 1 saturated heterocycles. The largest absolute Gasteiger partial charge is 0.342 e. The summed E-state index contributed by atoms with van der Waals surface area (Å²) < 4.78 is 0. The van der Waals surface area contributed by atoms with Crippen molar-refractivity contribution in [2.75, 3.05) is 33.2 Å². The van der Waals surface area contributed by atoms with Gasteiger partial charge < -0.3 is 15.1 Å². The zero-order valence-corrected chi connectivity index (χ0v) is 13.0. The maximum atomic E-state index is 12.1. The molecule has 0 radical (unpaired) electrons. The molecule has 1 N–H and O–H groups in total. The molecule has 6 heteroatoms. The van der Waals surface area contributed by atoms with Crippen LogP contribution >= 0.6 is 12.4 Å². The summed E-state index contributed by atoms with van der Waals surface area (Å²) in [6, 6.07) is -0.103. The van der Waals surface area contributed by atoms with Crippen molar-refractivity contribution < 1.29 is 9.59 Å². The Hall–Kier alpha value is -0.810. The van der Waals surface area contributed by atoms with Gasteiger partial charge in [-0.25, -0.2) is 0 Å². The van der Waals surface area contributed by atoms with Crippen LogP contribution < -0.4 is 5.32 Å². The molecule has 5 nitrogen and oxygen atoms in total. The van der Waals surface area contributed by atoms with Gasteiger partial charge in [-0.15, -0.1) is 12.4 Å². The number of carbonyl (C=O) groups excluding carboxylic acids is 2. The van der Waals surface area contributed by atoms with E-state index >= 15 is 0 Å². The second-order valence-electron chi connectivity index (χ2n) is 4.76. The highest BCUT2D eigenvalue weighted by molar-refractivity contribution is 5.87. The van der Waals surface area contributed by atoms with Crippen molar-refractivity contribution in [3.8, 4) is 0 Å². The average Bonchev–Trinajstić information content (AvgIpc) is 2.40. The molecule has 1 fully saturated rings. The van der Waals surface area contributed by atoms with Crippen molar-refractivity contribution in [2.45, 2.75) is 39.2 Å². The first-order chi connectivity index (χ1) is 8.60. The van der Waals surface area contributed by atoms with E-state index in [4.69, 9.17) is 0 Å². The second kappa shape index (κ2) is 9.15. The molecule has 0 spiro atoms. The van der Waals surface area contributed by atoms with Gasteiger partial charge in [0.1, 0.15) is 0 Å². The fraction of sp³-hybridized carbons (Fsp3) is 0.846. The Morgan fingerprint density at radius 2 is 1.84 bits per heavy atom. The standard InChI is InChI=1S/C13H25N3O2.ClH/c1-4-16(5-2)12(17)10-15(3)13(18)11-8-6-7-9-14-11;/h11,14H,4-10H2,1-3H3;1H/t11-;/m1./s1. The zero-order chi connectivity index (χ0) is 13.5. The molecule has 19 heavy (non-hydrogen) atoms. The molecule has 112 valence electrons. The summed E-state index contributed by atoms with van der Waals surface area (Å²) in [6.45, 7) is 6.36. The number of amides is 2. The fourth-order valence-electron chi connectivity index (χ4n) is 2.29. The highest BCUT2D eigenvalue weighted by atomic mass is 35.5. The first kappa shape index (κ1) is 18.2. The fourth-order valence-corrected chi connectivity index (χ4v) is 2.29. The quantitative estimate of drug-likeness (QED) is 0.818. The number of piperidine rings is 1. The van der Waals surface area contributed by atoms with Crippen molar-refractivity contribution in [1.82, 2.24) is 15.1 Å². The van der Waals surface area contributed by atoms with Gasteiger partial charge in [0.15, 0.2) is 0 Å². The van der Waals surface area contributed by atoms with Gasteiger partial charge in [-0.05, 0) is 33.2 Å².